The Morgan fingerprint density at radius 1 is 1.11 bits per heavy atom. The molecule has 1 spiro atoms. The van der Waals surface area contributed by atoms with Crippen molar-refractivity contribution in [3.8, 4) is 0 Å². The van der Waals surface area contributed by atoms with E-state index < -0.39 is 72.6 Å². The van der Waals surface area contributed by atoms with Crippen LogP contribution in [0.3, 0.4) is 0 Å². The summed E-state index contributed by atoms with van der Waals surface area (Å²) in [6, 6.07) is 6.44. The first-order valence-corrected chi connectivity index (χ1v) is 17.6. The van der Waals surface area contributed by atoms with Gasteiger partial charge in [-0.05, 0) is 79.6 Å². The molecule has 2 aromatic carbocycles. The molecule has 240 valence electrons. The van der Waals surface area contributed by atoms with Crippen molar-refractivity contribution in [1.29, 1.82) is 4.78 Å². The van der Waals surface area contributed by atoms with E-state index in [2.05, 4.69) is 10.3 Å². The van der Waals surface area contributed by atoms with E-state index in [1.807, 2.05) is 0 Å². The molecule has 1 unspecified atom stereocenters. The lowest BCUT2D eigenvalue weighted by Crippen LogP contribution is -2.52. The molecular formula is C29H26ClF5N4O4S2. The minimum atomic E-state index is -4.68. The molecule has 45 heavy (non-hydrogen) atoms. The number of rotatable bonds is 6. The minimum absolute atomic E-state index is 0.0103. The number of anilines is 1. The first-order valence-electron chi connectivity index (χ1n) is 13.9. The number of hydrogen-bond donors (Lipinski definition) is 2. The molecular weight excluding hydrogens is 663 g/mol. The smallest absolute Gasteiger partial charge is 0.346 e. The van der Waals surface area contributed by atoms with Crippen molar-refractivity contribution in [3.05, 3.63) is 87.7 Å². The number of pyridine rings is 1. The number of halogens is 6. The Kier molecular flexibility index (Phi) is 7.67. The fraction of sp³-hybridized carbons (Fsp3) is 0.379. The number of amides is 1. The van der Waals surface area contributed by atoms with E-state index in [1.165, 1.54) is 6.07 Å². The molecule has 3 aromatic rings. The Balaban J connectivity index is 1.41. The highest BCUT2D eigenvalue weighted by Crippen LogP contribution is 2.59. The summed E-state index contributed by atoms with van der Waals surface area (Å²) in [5.41, 5.74) is -2.21. The van der Waals surface area contributed by atoms with Crippen LogP contribution < -0.4 is 9.62 Å². The van der Waals surface area contributed by atoms with E-state index in [0.717, 1.165) is 34.6 Å². The number of sulfonamides is 1. The average molecular weight is 689 g/mol. The van der Waals surface area contributed by atoms with Gasteiger partial charge in [0, 0.05) is 32.8 Å². The maximum atomic E-state index is 15.7. The Labute approximate surface area is 261 Å². The SMILES string of the molecule is N=S1(=O)CCC2(CC1)c1cc(C(=O)NCc3ncc(C(F)(F)F)cc3Cl)c(F)cc1N(S(=O)(=O)c1ccc(F)cc1)C2C1CC1. The molecule has 1 aliphatic carbocycles. The molecule has 8 nitrogen and oxygen atoms in total. The maximum Gasteiger partial charge on any atom is 0.417 e. The van der Waals surface area contributed by atoms with Gasteiger partial charge in [0.15, 0.2) is 0 Å². The fourth-order valence-corrected chi connectivity index (χ4v) is 10.0. The summed E-state index contributed by atoms with van der Waals surface area (Å²) in [5.74, 6) is -2.79. The van der Waals surface area contributed by atoms with Crippen molar-refractivity contribution in [1.82, 2.24) is 10.3 Å². The summed E-state index contributed by atoms with van der Waals surface area (Å²) >= 11 is 5.95. The predicted molar refractivity (Wildman–Crippen MR) is 156 cm³/mol. The first-order chi connectivity index (χ1) is 21.0. The van der Waals surface area contributed by atoms with Crippen LogP contribution in [0, 0.1) is 22.3 Å². The van der Waals surface area contributed by atoms with Crippen molar-refractivity contribution in [2.75, 3.05) is 15.8 Å². The number of benzene rings is 2. The normalized spacial score (nSPS) is 24.9. The van der Waals surface area contributed by atoms with Gasteiger partial charge in [-0.1, -0.05) is 11.6 Å². The number of fused-ring (bicyclic) bond motifs is 2. The van der Waals surface area contributed by atoms with Gasteiger partial charge in [-0.2, -0.15) is 13.2 Å². The second kappa shape index (κ2) is 10.9. The van der Waals surface area contributed by atoms with Crippen LogP contribution >= 0.6 is 11.6 Å². The Morgan fingerprint density at radius 3 is 2.33 bits per heavy atom. The Bertz CT molecular complexity index is 1900. The second-order valence-corrected chi connectivity index (χ2v) is 16.3. The maximum absolute atomic E-state index is 15.7. The van der Waals surface area contributed by atoms with Gasteiger partial charge in [0.05, 0.1) is 45.0 Å². The third-order valence-electron chi connectivity index (χ3n) is 8.78. The quantitative estimate of drug-likeness (QED) is 0.307. The summed E-state index contributed by atoms with van der Waals surface area (Å²) in [4.78, 5) is 16.7. The van der Waals surface area contributed by atoms with Crippen molar-refractivity contribution < 1.29 is 39.4 Å². The molecule has 1 saturated carbocycles. The number of hydrogen-bond acceptors (Lipinski definition) is 6. The van der Waals surface area contributed by atoms with Crippen LogP contribution in [0.15, 0.2) is 53.6 Å². The number of nitrogens with zero attached hydrogens (tertiary/aromatic N) is 2. The van der Waals surface area contributed by atoms with Gasteiger partial charge in [-0.15, -0.1) is 0 Å². The topological polar surface area (TPSA) is 120 Å². The van der Waals surface area contributed by atoms with Crippen LogP contribution in [0.1, 0.15) is 52.9 Å². The minimum Gasteiger partial charge on any atom is -0.346 e. The predicted octanol–water partition coefficient (Wildman–Crippen LogP) is 6.03. The lowest BCUT2D eigenvalue weighted by Gasteiger charge is -2.42. The summed E-state index contributed by atoms with van der Waals surface area (Å²) in [6.07, 6.45) is -2.42. The Hall–Kier alpha value is -3.30. The largest absolute Gasteiger partial charge is 0.417 e. The number of carbonyl (C=O) groups is 1. The third-order valence-corrected chi connectivity index (χ3v) is 12.6. The zero-order valence-electron chi connectivity index (χ0n) is 23.3. The average Bonchev–Trinajstić information content (AvgIpc) is 3.76. The number of alkyl halides is 3. The zero-order valence-corrected chi connectivity index (χ0v) is 25.7. The molecule has 0 bridgehead atoms. The number of carbonyl (C=O) groups excluding carboxylic acids is 1. The monoisotopic (exact) mass is 688 g/mol. The lowest BCUT2D eigenvalue weighted by atomic mass is 9.70. The van der Waals surface area contributed by atoms with Gasteiger partial charge in [-0.25, -0.2) is 21.4 Å². The van der Waals surface area contributed by atoms with E-state index in [0.29, 0.717) is 30.7 Å². The van der Waals surface area contributed by atoms with Gasteiger partial charge in [0.2, 0.25) is 0 Å². The first kappa shape index (κ1) is 31.7. The van der Waals surface area contributed by atoms with Crippen molar-refractivity contribution >= 4 is 42.9 Å². The van der Waals surface area contributed by atoms with Crippen molar-refractivity contribution in [2.45, 2.75) is 54.8 Å². The molecule has 1 atom stereocenters. The number of nitrogens with one attached hydrogen (secondary N) is 2. The number of aromatic nitrogens is 1. The molecule has 2 fully saturated rings. The van der Waals surface area contributed by atoms with Gasteiger partial charge in [0.25, 0.3) is 15.9 Å². The standard InChI is InChI=1S/C29H26ClF5N4O4S2/c30-22-11-17(29(33,34)35)14-37-24(22)15-38-27(40)20-12-21-25(13-23(20)32)39(45(42,43)19-5-3-18(31)4-6-19)26(16-1-2-16)28(21)7-9-44(36,41)10-8-28/h3-6,11-14,16,26,36H,1-2,7-10,15H2,(H,38,40). The highest BCUT2D eigenvalue weighted by molar-refractivity contribution is 7.93. The Morgan fingerprint density at radius 2 is 1.76 bits per heavy atom. The highest BCUT2D eigenvalue weighted by Gasteiger charge is 2.60. The molecule has 0 radical (unpaired) electrons. The third kappa shape index (κ3) is 5.67. The van der Waals surface area contributed by atoms with Crippen LogP contribution in [0.5, 0.6) is 0 Å². The van der Waals surface area contributed by atoms with Gasteiger partial charge in [0.1, 0.15) is 11.6 Å². The summed E-state index contributed by atoms with van der Waals surface area (Å²) in [7, 11) is -7.29. The second-order valence-electron chi connectivity index (χ2n) is 11.6. The van der Waals surface area contributed by atoms with Gasteiger partial charge in [-0.3, -0.25) is 18.9 Å². The fourth-order valence-electron chi connectivity index (χ4n) is 6.40. The van der Waals surface area contributed by atoms with E-state index in [1.54, 1.807) is 0 Å². The molecule has 1 amide bonds. The lowest BCUT2D eigenvalue weighted by molar-refractivity contribution is -0.137. The van der Waals surface area contributed by atoms with E-state index >= 15 is 4.39 Å². The van der Waals surface area contributed by atoms with Crippen LogP contribution in [-0.4, -0.2) is 41.1 Å². The summed E-state index contributed by atoms with van der Waals surface area (Å²) in [5, 5.41) is 2.07. The van der Waals surface area contributed by atoms with Crippen LogP contribution in [0.2, 0.25) is 5.02 Å². The van der Waals surface area contributed by atoms with E-state index in [-0.39, 0.29) is 51.6 Å². The van der Waals surface area contributed by atoms with Crippen LogP contribution in [-0.2, 0) is 37.9 Å². The van der Waals surface area contributed by atoms with Crippen molar-refractivity contribution in [2.24, 2.45) is 5.92 Å². The summed E-state index contributed by atoms with van der Waals surface area (Å²) < 4.78 is 119. The molecule has 2 aliphatic heterocycles. The highest BCUT2D eigenvalue weighted by atomic mass is 35.5. The summed E-state index contributed by atoms with van der Waals surface area (Å²) in [6.45, 7) is -0.422. The molecule has 3 aliphatic rings. The van der Waals surface area contributed by atoms with Crippen LogP contribution in [0.4, 0.5) is 27.6 Å². The molecule has 1 saturated heterocycles. The van der Waals surface area contributed by atoms with Crippen LogP contribution in [0.25, 0.3) is 0 Å². The molecule has 2 N–H and O–H groups in total. The molecule has 16 heteroatoms. The molecule has 3 heterocycles. The molecule has 1 aromatic heterocycles. The van der Waals surface area contributed by atoms with E-state index in [9.17, 15) is 35.0 Å². The van der Waals surface area contributed by atoms with Gasteiger partial charge < -0.3 is 5.32 Å². The zero-order chi connectivity index (χ0) is 32.5. The van der Waals surface area contributed by atoms with Gasteiger partial charge >= 0.3 is 6.18 Å². The van der Waals surface area contributed by atoms with E-state index in [4.69, 9.17) is 16.4 Å². The van der Waals surface area contributed by atoms with Crippen molar-refractivity contribution in [3.63, 3.8) is 0 Å². The molecule has 6 rings (SSSR count).